The molecule has 0 fully saturated rings. The smallest absolute Gasteiger partial charge is 0.303 e. The Morgan fingerprint density at radius 2 is 2.32 bits per heavy atom. The van der Waals surface area contributed by atoms with Gasteiger partial charge in [0.05, 0.1) is 5.69 Å². The normalized spacial score (nSPS) is 17.1. The Morgan fingerprint density at radius 3 is 3.05 bits per heavy atom. The number of amides is 1. The number of aliphatic carboxylic acids is 1. The van der Waals surface area contributed by atoms with E-state index < -0.39 is 12.1 Å². The predicted octanol–water partition coefficient (Wildman–Crippen LogP) is 1.68. The Balaban J connectivity index is 1.95. The molecule has 102 valence electrons. The standard InChI is InChI=1S/C13H16N2O4/c1-8-13(18)15-10-7-9(4-5-11(10)19-8)14-6-2-3-12(16)17/h4-5,7-8,14H,2-3,6H2,1H3,(H,15,18)(H,16,17). The zero-order valence-corrected chi connectivity index (χ0v) is 10.6. The summed E-state index contributed by atoms with van der Waals surface area (Å²) in [5, 5.41) is 14.4. The van der Waals surface area contributed by atoms with E-state index in [0.717, 1.165) is 5.69 Å². The molecule has 6 heteroatoms. The van der Waals surface area contributed by atoms with E-state index in [1.165, 1.54) is 0 Å². The molecule has 0 radical (unpaired) electrons. The number of carboxylic acids is 1. The van der Waals surface area contributed by atoms with Gasteiger partial charge in [-0.2, -0.15) is 0 Å². The summed E-state index contributed by atoms with van der Waals surface area (Å²) in [6.07, 6.45) is 0.198. The highest BCUT2D eigenvalue weighted by atomic mass is 16.5. The van der Waals surface area contributed by atoms with Crippen molar-refractivity contribution in [2.45, 2.75) is 25.9 Å². The molecule has 0 saturated heterocycles. The van der Waals surface area contributed by atoms with Crippen LogP contribution in [0.2, 0.25) is 0 Å². The van der Waals surface area contributed by atoms with Gasteiger partial charge in [0, 0.05) is 18.7 Å². The van der Waals surface area contributed by atoms with Crippen molar-refractivity contribution in [2.75, 3.05) is 17.2 Å². The molecule has 1 aromatic rings. The summed E-state index contributed by atoms with van der Waals surface area (Å²) in [7, 11) is 0. The number of nitrogens with one attached hydrogen (secondary N) is 2. The molecule has 0 aliphatic carbocycles. The highest BCUT2D eigenvalue weighted by Crippen LogP contribution is 2.32. The fourth-order valence-electron chi connectivity index (χ4n) is 1.79. The number of hydrogen-bond donors (Lipinski definition) is 3. The van der Waals surface area contributed by atoms with Crippen molar-refractivity contribution >= 4 is 23.3 Å². The maximum absolute atomic E-state index is 11.5. The number of carbonyl (C=O) groups is 2. The van der Waals surface area contributed by atoms with E-state index in [9.17, 15) is 9.59 Å². The van der Waals surface area contributed by atoms with Gasteiger partial charge in [0.2, 0.25) is 0 Å². The summed E-state index contributed by atoms with van der Waals surface area (Å²) in [6.45, 7) is 2.26. The van der Waals surface area contributed by atoms with Crippen molar-refractivity contribution in [1.29, 1.82) is 0 Å². The van der Waals surface area contributed by atoms with Gasteiger partial charge >= 0.3 is 5.97 Å². The first kappa shape index (κ1) is 13.2. The van der Waals surface area contributed by atoms with Crippen LogP contribution in [0.5, 0.6) is 5.75 Å². The van der Waals surface area contributed by atoms with Gasteiger partial charge in [-0.3, -0.25) is 9.59 Å². The summed E-state index contributed by atoms with van der Waals surface area (Å²) in [5.74, 6) is -0.333. The molecule has 0 aromatic heterocycles. The Morgan fingerprint density at radius 1 is 1.53 bits per heavy atom. The van der Waals surface area contributed by atoms with Gasteiger partial charge < -0.3 is 20.5 Å². The number of hydrogen-bond acceptors (Lipinski definition) is 4. The Hall–Kier alpha value is -2.24. The molecular formula is C13H16N2O4. The lowest BCUT2D eigenvalue weighted by Gasteiger charge is -2.23. The first-order valence-corrected chi connectivity index (χ1v) is 6.13. The zero-order chi connectivity index (χ0) is 13.8. The van der Waals surface area contributed by atoms with Crippen LogP contribution in [0.25, 0.3) is 0 Å². The number of anilines is 2. The van der Waals surface area contributed by atoms with Crippen molar-refractivity contribution in [3.63, 3.8) is 0 Å². The SMILES string of the molecule is CC1Oc2ccc(NCCCC(=O)O)cc2NC1=O. The average molecular weight is 264 g/mol. The van der Waals surface area contributed by atoms with E-state index in [-0.39, 0.29) is 12.3 Å². The molecule has 2 rings (SSSR count). The van der Waals surface area contributed by atoms with Crippen LogP contribution in [0.4, 0.5) is 11.4 Å². The molecule has 0 bridgehead atoms. The lowest BCUT2D eigenvalue weighted by Crippen LogP contribution is -2.34. The van der Waals surface area contributed by atoms with Crippen LogP contribution >= 0.6 is 0 Å². The van der Waals surface area contributed by atoms with Crippen molar-refractivity contribution in [2.24, 2.45) is 0 Å². The molecule has 0 saturated carbocycles. The van der Waals surface area contributed by atoms with E-state index in [1.807, 2.05) is 6.07 Å². The van der Waals surface area contributed by atoms with Gasteiger partial charge in [-0.1, -0.05) is 0 Å². The molecule has 1 aliphatic rings. The summed E-state index contributed by atoms with van der Waals surface area (Å²) in [5.41, 5.74) is 1.45. The fourth-order valence-corrected chi connectivity index (χ4v) is 1.79. The Bertz CT molecular complexity index is 501. The Labute approximate surface area is 110 Å². The topological polar surface area (TPSA) is 87.7 Å². The maximum atomic E-state index is 11.5. The third-order valence-electron chi connectivity index (χ3n) is 2.81. The van der Waals surface area contributed by atoms with Crippen LogP contribution in [-0.2, 0) is 9.59 Å². The number of carbonyl (C=O) groups excluding carboxylic acids is 1. The predicted molar refractivity (Wildman–Crippen MR) is 70.5 cm³/mol. The number of ether oxygens (including phenoxy) is 1. The lowest BCUT2D eigenvalue weighted by atomic mass is 10.2. The largest absolute Gasteiger partial charge is 0.481 e. The van der Waals surface area contributed by atoms with Crippen molar-refractivity contribution in [3.8, 4) is 5.75 Å². The highest BCUT2D eigenvalue weighted by Gasteiger charge is 2.23. The summed E-state index contributed by atoms with van der Waals surface area (Å²) in [6, 6.07) is 5.40. The highest BCUT2D eigenvalue weighted by molar-refractivity contribution is 5.98. The van der Waals surface area contributed by atoms with Gasteiger partial charge in [-0.05, 0) is 31.5 Å². The van der Waals surface area contributed by atoms with Crippen molar-refractivity contribution < 1.29 is 19.4 Å². The van der Waals surface area contributed by atoms with E-state index in [2.05, 4.69) is 10.6 Å². The molecule has 3 N–H and O–H groups in total. The van der Waals surface area contributed by atoms with Crippen LogP contribution in [0.3, 0.4) is 0 Å². The molecule has 1 aromatic carbocycles. The van der Waals surface area contributed by atoms with E-state index >= 15 is 0 Å². The van der Waals surface area contributed by atoms with Crippen LogP contribution in [-0.4, -0.2) is 29.6 Å². The van der Waals surface area contributed by atoms with Gasteiger partial charge in [-0.25, -0.2) is 0 Å². The molecule has 0 spiro atoms. The number of carboxylic acid groups (broad SMARTS) is 1. The lowest BCUT2D eigenvalue weighted by molar-refractivity contribution is -0.137. The quantitative estimate of drug-likeness (QED) is 0.704. The Kier molecular flexibility index (Phi) is 3.89. The second kappa shape index (κ2) is 5.60. The van der Waals surface area contributed by atoms with Crippen molar-refractivity contribution in [1.82, 2.24) is 0 Å². The molecule has 6 nitrogen and oxygen atoms in total. The molecular weight excluding hydrogens is 248 g/mol. The van der Waals surface area contributed by atoms with Crippen LogP contribution in [0, 0.1) is 0 Å². The second-order valence-corrected chi connectivity index (χ2v) is 4.38. The summed E-state index contributed by atoms with van der Waals surface area (Å²) in [4.78, 5) is 21.9. The number of fused-ring (bicyclic) bond motifs is 1. The second-order valence-electron chi connectivity index (χ2n) is 4.38. The summed E-state index contributed by atoms with van der Waals surface area (Å²) < 4.78 is 5.44. The first-order chi connectivity index (χ1) is 9.06. The van der Waals surface area contributed by atoms with Crippen LogP contribution in [0.15, 0.2) is 18.2 Å². The third-order valence-corrected chi connectivity index (χ3v) is 2.81. The average Bonchev–Trinajstić information content (AvgIpc) is 2.36. The van der Waals surface area contributed by atoms with Gasteiger partial charge in [0.15, 0.2) is 6.10 Å². The summed E-state index contributed by atoms with van der Waals surface area (Å²) >= 11 is 0. The van der Waals surface area contributed by atoms with E-state index in [4.69, 9.17) is 9.84 Å². The third kappa shape index (κ3) is 3.37. The minimum atomic E-state index is -0.804. The fraction of sp³-hybridized carbons (Fsp3) is 0.385. The number of rotatable bonds is 5. The molecule has 19 heavy (non-hydrogen) atoms. The molecule has 1 amide bonds. The van der Waals surface area contributed by atoms with E-state index in [0.29, 0.717) is 24.4 Å². The van der Waals surface area contributed by atoms with Gasteiger partial charge in [0.1, 0.15) is 5.75 Å². The molecule has 1 atom stereocenters. The molecule has 1 heterocycles. The molecule has 1 aliphatic heterocycles. The zero-order valence-electron chi connectivity index (χ0n) is 10.6. The maximum Gasteiger partial charge on any atom is 0.303 e. The van der Waals surface area contributed by atoms with Crippen LogP contribution < -0.4 is 15.4 Å². The minimum absolute atomic E-state index is 0.134. The molecule has 1 unspecified atom stereocenters. The van der Waals surface area contributed by atoms with Crippen LogP contribution in [0.1, 0.15) is 19.8 Å². The van der Waals surface area contributed by atoms with Crippen molar-refractivity contribution in [3.05, 3.63) is 18.2 Å². The van der Waals surface area contributed by atoms with Gasteiger partial charge in [-0.15, -0.1) is 0 Å². The van der Waals surface area contributed by atoms with E-state index in [1.54, 1.807) is 19.1 Å². The number of benzene rings is 1. The minimum Gasteiger partial charge on any atom is -0.481 e. The van der Waals surface area contributed by atoms with Gasteiger partial charge in [0.25, 0.3) is 5.91 Å². The monoisotopic (exact) mass is 264 g/mol. The first-order valence-electron chi connectivity index (χ1n) is 6.13.